The van der Waals surface area contributed by atoms with Gasteiger partial charge in [0.1, 0.15) is 0 Å². The number of aromatic nitrogens is 1. The van der Waals surface area contributed by atoms with Crippen molar-refractivity contribution in [2.45, 2.75) is 13.0 Å². The number of hydrogen-bond donors (Lipinski definition) is 2. The van der Waals surface area contributed by atoms with Gasteiger partial charge < -0.3 is 15.5 Å². The van der Waals surface area contributed by atoms with E-state index in [-0.39, 0.29) is 18.9 Å². The van der Waals surface area contributed by atoms with Crippen molar-refractivity contribution in [3.05, 3.63) is 28.7 Å². The number of nitrogens with two attached hydrogens (primary N) is 1. The summed E-state index contributed by atoms with van der Waals surface area (Å²) in [5, 5.41) is 2.50. The molecular formula is C11H13N3O3. The first kappa shape index (κ1) is 11.3. The minimum Gasteiger partial charge on any atom is -0.408 e. The molecule has 0 aliphatic rings. The smallest absolute Gasteiger partial charge is 0.408 e. The highest BCUT2D eigenvalue weighted by molar-refractivity contribution is 5.78. The van der Waals surface area contributed by atoms with Crippen LogP contribution < -0.4 is 16.8 Å². The van der Waals surface area contributed by atoms with Gasteiger partial charge in [-0.05, 0) is 12.1 Å². The monoisotopic (exact) mass is 235 g/mol. The van der Waals surface area contributed by atoms with Crippen molar-refractivity contribution in [2.75, 3.05) is 12.8 Å². The van der Waals surface area contributed by atoms with Crippen LogP contribution in [-0.2, 0) is 11.3 Å². The van der Waals surface area contributed by atoms with E-state index in [1.807, 2.05) is 0 Å². The molecule has 2 rings (SSSR count). The van der Waals surface area contributed by atoms with Gasteiger partial charge in [0.15, 0.2) is 5.58 Å². The van der Waals surface area contributed by atoms with Crippen molar-refractivity contribution in [1.82, 2.24) is 9.88 Å². The Morgan fingerprint density at radius 2 is 2.29 bits per heavy atom. The number of carbonyl (C=O) groups excluding carboxylic acids is 1. The second kappa shape index (κ2) is 4.32. The highest BCUT2D eigenvalue weighted by atomic mass is 16.4. The molecule has 0 saturated carbocycles. The molecule has 6 nitrogen and oxygen atoms in total. The van der Waals surface area contributed by atoms with Crippen LogP contribution in [0.5, 0.6) is 0 Å². The molecule has 1 aromatic carbocycles. The lowest BCUT2D eigenvalue weighted by Gasteiger charge is -2.01. The van der Waals surface area contributed by atoms with Gasteiger partial charge in [-0.25, -0.2) is 4.79 Å². The van der Waals surface area contributed by atoms with Crippen LogP contribution in [0.1, 0.15) is 6.42 Å². The highest BCUT2D eigenvalue weighted by Gasteiger charge is 2.10. The summed E-state index contributed by atoms with van der Waals surface area (Å²) >= 11 is 0. The van der Waals surface area contributed by atoms with Crippen LogP contribution in [0.2, 0.25) is 0 Å². The molecular weight excluding hydrogens is 222 g/mol. The van der Waals surface area contributed by atoms with Crippen LogP contribution in [0, 0.1) is 0 Å². The molecule has 2 aromatic rings. The van der Waals surface area contributed by atoms with Crippen LogP contribution in [0.25, 0.3) is 11.1 Å². The van der Waals surface area contributed by atoms with Crippen molar-refractivity contribution in [2.24, 2.45) is 0 Å². The van der Waals surface area contributed by atoms with Crippen molar-refractivity contribution in [1.29, 1.82) is 0 Å². The van der Waals surface area contributed by atoms with E-state index in [2.05, 4.69) is 5.32 Å². The van der Waals surface area contributed by atoms with Crippen molar-refractivity contribution in [3.63, 3.8) is 0 Å². The normalized spacial score (nSPS) is 10.6. The number of benzene rings is 1. The summed E-state index contributed by atoms with van der Waals surface area (Å²) in [7, 11) is 1.55. The summed E-state index contributed by atoms with van der Waals surface area (Å²) in [4.78, 5) is 22.7. The van der Waals surface area contributed by atoms with Crippen LogP contribution in [0.3, 0.4) is 0 Å². The first-order valence-corrected chi connectivity index (χ1v) is 5.21. The fourth-order valence-corrected chi connectivity index (χ4v) is 1.63. The average Bonchev–Trinajstić information content (AvgIpc) is 2.61. The van der Waals surface area contributed by atoms with Gasteiger partial charge in [0.2, 0.25) is 5.91 Å². The number of anilines is 1. The van der Waals surface area contributed by atoms with Crippen molar-refractivity contribution < 1.29 is 9.21 Å². The highest BCUT2D eigenvalue weighted by Crippen LogP contribution is 2.16. The molecule has 17 heavy (non-hydrogen) atoms. The Labute approximate surface area is 97.0 Å². The maximum Gasteiger partial charge on any atom is 0.419 e. The van der Waals surface area contributed by atoms with E-state index in [0.717, 1.165) is 0 Å². The molecule has 0 fully saturated rings. The predicted octanol–water partition coefficient (Wildman–Crippen LogP) is 0.313. The summed E-state index contributed by atoms with van der Waals surface area (Å²) in [6.45, 7) is 0.287. The number of aryl methyl sites for hydroxylation is 1. The second-order valence-corrected chi connectivity index (χ2v) is 3.67. The Balaban J connectivity index is 2.36. The Morgan fingerprint density at radius 1 is 1.53 bits per heavy atom. The molecule has 0 radical (unpaired) electrons. The van der Waals surface area contributed by atoms with E-state index in [0.29, 0.717) is 16.8 Å². The topological polar surface area (TPSA) is 90.3 Å². The van der Waals surface area contributed by atoms with Gasteiger partial charge in [-0.15, -0.1) is 0 Å². The summed E-state index contributed by atoms with van der Waals surface area (Å²) in [5.74, 6) is -0.601. The maximum atomic E-state index is 11.6. The zero-order chi connectivity index (χ0) is 12.4. The van der Waals surface area contributed by atoms with E-state index in [1.54, 1.807) is 25.2 Å². The minimum absolute atomic E-state index is 0.123. The summed E-state index contributed by atoms with van der Waals surface area (Å²) in [6.07, 6.45) is 0.232. The van der Waals surface area contributed by atoms with E-state index in [4.69, 9.17) is 10.2 Å². The third-order valence-corrected chi connectivity index (χ3v) is 2.53. The second-order valence-electron chi connectivity index (χ2n) is 3.67. The quantitative estimate of drug-likeness (QED) is 0.749. The molecule has 0 atom stereocenters. The predicted molar refractivity (Wildman–Crippen MR) is 63.6 cm³/mol. The first-order chi connectivity index (χ1) is 8.11. The van der Waals surface area contributed by atoms with Gasteiger partial charge >= 0.3 is 5.76 Å². The van der Waals surface area contributed by atoms with E-state index in [1.165, 1.54) is 4.57 Å². The molecule has 3 N–H and O–H groups in total. The molecule has 0 aliphatic heterocycles. The number of oxazole rings is 1. The molecule has 1 heterocycles. The number of nitrogens with zero attached hydrogens (tertiary/aromatic N) is 1. The molecule has 1 aromatic heterocycles. The van der Waals surface area contributed by atoms with Gasteiger partial charge in [0.05, 0.1) is 5.52 Å². The van der Waals surface area contributed by atoms with Gasteiger partial charge in [0, 0.05) is 31.8 Å². The van der Waals surface area contributed by atoms with Gasteiger partial charge in [0.25, 0.3) is 0 Å². The Hall–Kier alpha value is -2.24. The number of carbonyl (C=O) groups is 1. The lowest BCUT2D eigenvalue weighted by Crippen LogP contribution is -2.22. The van der Waals surface area contributed by atoms with E-state index >= 15 is 0 Å². The van der Waals surface area contributed by atoms with Crippen LogP contribution >= 0.6 is 0 Å². The molecule has 6 heteroatoms. The van der Waals surface area contributed by atoms with E-state index in [9.17, 15) is 9.59 Å². The number of amides is 1. The van der Waals surface area contributed by atoms with Crippen LogP contribution in [0.15, 0.2) is 27.4 Å². The standard InChI is InChI=1S/C11H13N3O3/c1-13-10(15)4-5-14-8-3-2-7(12)6-9(8)17-11(14)16/h2-3,6H,4-5,12H2,1H3,(H,13,15). The molecule has 90 valence electrons. The van der Waals surface area contributed by atoms with Gasteiger partial charge in [-0.2, -0.15) is 0 Å². The lowest BCUT2D eigenvalue weighted by molar-refractivity contribution is -0.120. The summed E-state index contributed by atoms with van der Waals surface area (Å²) in [6, 6.07) is 4.99. The maximum absolute atomic E-state index is 11.6. The number of hydrogen-bond acceptors (Lipinski definition) is 4. The van der Waals surface area contributed by atoms with Gasteiger partial charge in [-0.3, -0.25) is 9.36 Å². The van der Waals surface area contributed by atoms with E-state index < -0.39 is 5.76 Å². The van der Waals surface area contributed by atoms with Crippen molar-refractivity contribution >= 4 is 22.7 Å². The third kappa shape index (κ3) is 2.15. The lowest BCUT2D eigenvalue weighted by atomic mass is 10.3. The Morgan fingerprint density at radius 3 is 3.00 bits per heavy atom. The van der Waals surface area contributed by atoms with Crippen molar-refractivity contribution in [3.8, 4) is 0 Å². The van der Waals surface area contributed by atoms with Gasteiger partial charge in [-0.1, -0.05) is 0 Å². The molecule has 0 spiro atoms. The summed E-state index contributed by atoms with van der Waals surface area (Å²) in [5.41, 5.74) is 7.21. The molecule has 0 unspecified atom stereocenters. The first-order valence-electron chi connectivity index (χ1n) is 5.21. The minimum atomic E-state index is -0.477. The summed E-state index contributed by atoms with van der Waals surface area (Å²) < 4.78 is 6.46. The number of nitrogen functional groups attached to an aromatic ring is 1. The fourth-order valence-electron chi connectivity index (χ4n) is 1.63. The molecule has 0 bridgehead atoms. The Kier molecular flexibility index (Phi) is 2.86. The number of nitrogens with one attached hydrogen (secondary N) is 1. The SMILES string of the molecule is CNC(=O)CCn1c(=O)oc2cc(N)ccc21. The Bertz CT molecular complexity index is 612. The third-order valence-electron chi connectivity index (χ3n) is 2.53. The molecule has 0 aliphatic carbocycles. The zero-order valence-electron chi connectivity index (χ0n) is 9.40. The molecule has 0 saturated heterocycles. The zero-order valence-corrected chi connectivity index (χ0v) is 9.40. The van der Waals surface area contributed by atoms with Crippen LogP contribution in [0.4, 0.5) is 5.69 Å². The molecule has 1 amide bonds. The number of rotatable bonds is 3. The average molecular weight is 235 g/mol. The largest absolute Gasteiger partial charge is 0.419 e. The fraction of sp³-hybridized carbons (Fsp3) is 0.273. The van der Waals surface area contributed by atoms with Crippen LogP contribution in [-0.4, -0.2) is 17.5 Å². The number of fused-ring (bicyclic) bond motifs is 1.